The number of hydrogen-bond donors (Lipinski definition) is 0. The largest absolute Gasteiger partial charge is 0.461 e. The van der Waals surface area contributed by atoms with Crippen LogP contribution in [0.5, 0.6) is 0 Å². The number of aryl methyl sites for hydroxylation is 1. The van der Waals surface area contributed by atoms with E-state index in [0.717, 1.165) is 37.1 Å². The van der Waals surface area contributed by atoms with Crippen LogP contribution in [0.1, 0.15) is 42.4 Å². The summed E-state index contributed by atoms with van der Waals surface area (Å²) >= 11 is 0. The molecule has 2 heterocycles. The molecular formula is C12H16N2O2. The average molecular weight is 220 g/mol. The van der Waals surface area contributed by atoms with E-state index in [4.69, 9.17) is 4.74 Å². The van der Waals surface area contributed by atoms with Crippen molar-refractivity contribution in [1.29, 1.82) is 0 Å². The molecule has 1 aromatic heterocycles. The number of carbonyl (C=O) groups is 1. The lowest BCUT2D eigenvalue weighted by Crippen LogP contribution is -2.07. The van der Waals surface area contributed by atoms with Crippen LogP contribution >= 0.6 is 0 Å². The molecule has 0 spiro atoms. The third-order valence-corrected chi connectivity index (χ3v) is 2.73. The number of ether oxygens (including phenoxy) is 1. The van der Waals surface area contributed by atoms with Gasteiger partial charge in [-0.1, -0.05) is 6.58 Å². The van der Waals surface area contributed by atoms with Crippen LogP contribution in [0.2, 0.25) is 0 Å². The summed E-state index contributed by atoms with van der Waals surface area (Å²) in [5.74, 6) is -0.351. The maximum atomic E-state index is 11.5. The van der Waals surface area contributed by atoms with E-state index in [2.05, 4.69) is 11.7 Å². The maximum absolute atomic E-state index is 11.5. The maximum Gasteiger partial charge on any atom is 0.358 e. The first-order chi connectivity index (χ1) is 7.72. The fourth-order valence-corrected chi connectivity index (χ4v) is 1.90. The molecule has 86 valence electrons. The predicted molar refractivity (Wildman–Crippen MR) is 61.1 cm³/mol. The molecule has 0 unspecified atom stereocenters. The summed E-state index contributed by atoms with van der Waals surface area (Å²) in [4.78, 5) is 11.5. The van der Waals surface area contributed by atoms with E-state index in [9.17, 15) is 4.79 Å². The highest BCUT2D eigenvalue weighted by Gasteiger charge is 2.18. The highest BCUT2D eigenvalue weighted by molar-refractivity contribution is 5.88. The Morgan fingerprint density at radius 1 is 1.62 bits per heavy atom. The van der Waals surface area contributed by atoms with Gasteiger partial charge in [-0.15, -0.1) is 0 Å². The second kappa shape index (κ2) is 4.51. The molecule has 0 amide bonds. The van der Waals surface area contributed by atoms with Gasteiger partial charge in [-0.25, -0.2) is 4.79 Å². The molecule has 0 saturated heterocycles. The average Bonchev–Trinajstić information content (AvgIpc) is 2.62. The monoisotopic (exact) mass is 220 g/mol. The molecule has 0 saturated carbocycles. The Bertz CT molecular complexity index is 421. The molecule has 16 heavy (non-hydrogen) atoms. The molecular weight excluding hydrogens is 204 g/mol. The molecule has 0 aliphatic carbocycles. The molecule has 0 aromatic carbocycles. The quantitative estimate of drug-likeness (QED) is 0.718. The summed E-state index contributed by atoms with van der Waals surface area (Å²) in [7, 11) is 0. The molecule has 4 nitrogen and oxygen atoms in total. The molecule has 2 rings (SSSR count). The van der Waals surface area contributed by atoms with Crippen LogP contribution in [-0.2, 0) is 11.3 Å². The standard InChI is InChI=1S/C12H16N2O2/c1-3-16-12(15)10-8-11-9(2)6-4-5-7-14(11)13-10/h8H,2-7H2,1H3. The van der Waals surface area contributed by atoms with Gasteiger partial charge in [-0.3, -0.25) is 4.68 Å². The Balaban J connectivity index is 2.29. The zero-order valence-electron chi connectivity index (χ0n) is 9.53. The van der Waals surface area contributed by atoms with Gasteiger partial charge in [0.05, 0.1) is 12.3 Å². The van der Waals surface area contributed by atoms with Crippen LogP contribution in [0, 0.1) is 0 Å². The van der Waals surface area contributed by atoms with Gasteiger partial charge in [-0.2, -0.15) is 5.10 Å². The van der Waals surface area contributed by atoms with Crippen LogP contribution in [-0.4, -0.2) is 22.4 Å². The third kappa shape index (κ3) is 2.01. The van der Waals surface area contributed by atoms with Crippen molar-refractivity contribution in [2.45, 2.75) is 32.7 Å². The summed E-state index contributed by atoms with van der Waals surface area (Å²) in [5.41, 5.74) is 2.42. The predicted octanol–water partition coefficient (Wildman–Crippen LogP) is 2.26. The van der Waals surface area contributed by atoms with E-state index >= 15 is 0 Å². The minimum Gasteiger partial charge on any atom is -0.461 e. The second-order valence-electron chi connectivity index (χ2n) is 3.92. The van der Waals surface area contributed by atoms with Gasteiger partial charge >= 0.3 is 5.97 Å². The van der Waals surface area contributed by atoms with Crippen LogP contribution in [0.4, 0.5) is 0 Å². The Labute approximate surface area is 94.9 Å². The molecule has 0 fully saturated rings. The number of aromatic nitrogens is 2. The van der Waals surface area contributed by atoms with Crippen LogP contribution in [0.3, 0.4) is 0 Å². The number of rotatable bonds is 2. The fourth-order valence-electron chi connectivity index (χ4n) is 1.90. The topological polar surface area (TPSA) is 44.1 Å². The minimum atomic E-state index is -0.351. The number of fused-ring (bicyclic) bond motifs is 1. The van der Waals surface area contributed by atoms with Crippen molar-refractivity contribution >= 4 is 11.5 Å². The van der Waals surface area contributed by atoms with Gasteiger partial charge in [0, 0.05) is 6.54 Å². The molecule has 4 heteroatoms. The molecule has 0 atom stereocenters. The van der Waals surface area contributed by atoms with Gasteiger partial charge in [0.1, 0.15) is 0 Å². The van der Waals surface area contributed by atoms with E-state index in [1.807, 2.05) is 4.68 Å². The van der Waals surface area contributed by atoms with Gasteiger partial charge < -0.3 is 4.74 Å². The van der Waals surface area contributed by atoms with Crippen molar-refractivity contribution in [2.75, 3.05) is 6.61 Å². The van der Waals surface area contributed by atoms with E-state index < -0.39 is 0 Å². The van der Waals surface area contributed by atoms with Crippen molar-refractivity contribution in [3.8, 4) is 0 Å². The van der Waals surface area contributed by atoms with E-state index in [0.29, 0.717) is 12.3 Å². The molecule has 0 N–H and O–H groups in total. The minimum absolute atomic E-state index is 0.351. The van der Waals surface area contributed by atoms with E-state index in [1.54, 1.807) is 13.0 Å². The smallest absolute Gasteiger partial charge is 0.358 e. The van der Waals surface area contributed by atoms with Gasteiger partial charge in [0.15, 0.2) is 5.69 Å². The van der Waals surface area contributed by atoms with Crippen molar-refractivity contribution in [3.63, 3.8) is 0 Å². The molecule has 0 bridgehead atoms. The van der Waals surface area contributed by atoms with Crippen molar-refractivity contribution in [1.82, 2.24) is 9.78 Å². The van der Waals surface area contributed by atoms with E-state index in [1.165, 1.54) is 0 Å². The lowest BCUT2D eigenvalue weighted by Gasteiger charge is -2.01. The summed E-state index contributed by atoms with van der Waals surface area (Å²) in [6, 6.07) is 1.78. The first kappa shape index (κ1) is 10.9. The summed E-state index contributed by atoms with van der Waals surface area (Å²) in [6.07, 6.45) is 3.20. The first-order valence-electron chi connectivity index (χ1n) is 5.65. The molecule has 0 radical (unpaired) electrons. The Kier molecular flexibility index (Phi) is 3.08. The number of allylic oxidation sites excluding steroid dienone is 1. The highest BCUT2D eigenvalue weighted by Crippen LogP contribution is 2.24. The number of nitrogens with zero attached hydrogens (tertiary/aromatic N) is 2. The van der Waals surface area contributed by atoms with E-state index in [-0.39, 0.29) is 5.97 Å². The number of carbonyl (C=O) groups excluding carboxylic acids is 1. The zero-order chi connectivity index (χ0) is 11.5. The summed E-state index contributed by atoms with van der Waals surface area (Å²) < 4.78 is 6.79. The Morgan fingerprint density at radius 3 is 3.19 bits per heavy atom. The molecule has 1 aliphatic heterocycles. The second-order valence-corrected chi connectivity index (χ2v) is 3.92. The Morgan fingerprint density at radius 2 is 2.44 bits per heavy atom. The Hall–Kier alpha value is -1.58. The fraction of sp³-hybridized carbons (Fsp3) is 0.500. The van der Waals surface area contributed by atoms with Crippen molar-refractivity contribution in [2.24, 2.45) is 0 Å². The highest BCUT2D eigenvalue weighted by atomic mass is 16.5. The lowest BCUT2D eigenvalue weighted by atomic mass is 10.1. The van der Waals surface area contributed by atoms with Crippen LogP contribution in [0.15, 0.2) is 12.6 Å². The first-order valence-corrected chi connectivity index (χ1v) is 5.65. The number of hydrogen-bond acceptors (Lipinski definition) is 3. The van der Waals surface area contributed by atoms with Gasteiger partial charge in [0.2, 0.25) is 0 Å². The SMILES string of the molecule is C=C1CCCCn2nc(C(=O)OCC)cc21. The third-order valence-electron chi connectivity index (χ3n) is 2.73. The van der Waals surface area contributed by atoms with Gasteiger partial charge in [0.25, 0.3) is 0 Å². The zero-order valence-corrected chi connectivity index (χ0v) is 9.53. The van der Waals surface area contributed by atoms with Crippen molar-refractivity contribution in [3.05, 3.63) is 24.0 Å². The number of esters is 1. The summed E-state index contributed by atoms with van der Waals surface area (Å²) in [6.45, 7) is 7.04. The van der Waals surface area contributed by atoms with Crippen LogP contribution < -0.4 is 0 Å². The van der Waals surface area contributed by atoms with Crippen LogP contribution in [0.25, 0.3) is 5.57 Å². The molecule has 1 aliphatic rings. The van der Waals surface area contributed by atoms with Gasteiger partial charge in [-0.05, 0) is 37.8 Å². The van der Waals surface area contributed by atoms with Crippen molar-refractivity contribution < 1.29 is 9.53 Å². The lowest BCUT2D eigenvalue weighted by molar-refractivity contribution is 0.0518. The molecule has 1 aromatic rings. The normalized spacial score (nSPS) is 15.4. The summed E-state index contributed by atoms with van der Waals surface area (Å²) in [5, 5.41) is 4.26.